The molecule has 1 fully saturated rings. The number of amides is 1. The fraction of sp³-hybridized carbons (Fsp3) is 0.556. The van der Waals surface area contributed by atoms with E-state index in [1.165, 1.54) is 0 Å². The SMILES string of the molecule is CCc1cccc(C)c1NC(=O)C[C@@H](C(=O)O)N1CCN(C)CC1. The third kappa shape index (κ3) is 4.55. The van der Waals surface area contributed by atoms with Crippen LogP contribution in [0.1, 0.15) is 24.5 Å². The topological polar surface area (TPSA) is 72.9 Å². The number of rotatable bonds is 6. The minimum absolute atomic E-state index is 0.0312. The summed E-state index contributed by atoms with van der Waals surface area (Å²) in [6.45, 7) is 6.97. The molecular weight excluding hydrogens is 306 g/mol. The number of anilines is 1. The molecule has 1 aromatic rings. The molecule has 0 aliphatic carbocycles. The number of aryl methyl sites for hydroxylation is 2. The second-order valence-corrected chi connectivity index (χ2v) is 6.41. The van der Waals surface area contributed by atoms with Crippen LogP contribution >= 0.6 is 0 Å². The number of hydrogen-bond acceptors (Lipinski definition) is 4. The van der Waals surface area contributed by atoms with Crippen LogP contribution in [-0.4, -0.2) is 66.1 Å². The molecule has 0 spiro atoms. The predicted octanol–water partition coefficient (Wildman–Crippen LogP) is 1.59. The Morgan fingerprint density at radius 1 is 1.25 bits per heavy atom. The van der Waals surface area contributed by atoms with Gasteiger partial charge in [-0.1, -0.05) is 25.1 Å². The van der Waals surface area contributed by atoms with Gasteiger partial charge in [0, 0.05) is 31.9 Å². The molecule has 6 heteroatoms. The number of carboxylic acids is 1. The van der Waals surface area contributed by atoms with Gasteiger partial charge in [-0.25, -0.2) is 0 Å². The lowest BCUT2D eigenvalue weighted by atomic mass is 10.0. The van der Waals surface area contributed by atoms with Gasteiger partial charge in [0.05, 0.1) is 6.42 Å². The number of nitrogens with zero attached hydrogens (tertiary/aromatic N) is 2. The number of carboxylic acid groups (broad SMARTS) is 1. The summed E-state index contributed by atoms with van der Waals surface area (Å²) in [5, 5.41) is 12.5. The van der Waals surface area contributed by atoms with Crippen LogP contribution in [-0.2, 0) is 16.0 Å². The Hall–Kier alpha value is -1.92. The molecule has 1 atom stereocenters. The van der Waals surface area contributed by atoms with E-state index in [-0.39, 0.29) is 12.3 Å². The molecule has 24 heavy (non-hydrogen) atoms. The molecule has 0 unspecified atom stereocenters. The van der Waals surface area contributed by atoms with E-state index in [9.17, 15) is 14.7 Å². The third-order valence-electron chi connectivity index (χ3n) is 4.65. The summed E-state index contributed by atoms with van der Waals surface area (Å²) in [7, 11) is 2.02. The number of carbonyl (C=O) groups excluding carboxylic acids is 1. The van der Waals surface area contributed by atoms with E-state index in [1.807, 2.05) is 44.0 Å². The molecule has 0 radical (unpaired) electrons. The van der Waals surface area contributed by atoms with Crippen molar-refractivity contribution >= 4 is 17.6 Å². The number of aliphatic carboxylic acids is 1. The van der Waals surface area contributed by atoms with Gasteiger partial charge in [0.15, 0.2) is 0 Å². The van der Waals surface area contributed by atoms with E-state index >= 15 is 0 Å². The van der Waals surface area contributed by atoms with Crippen molar-refractivity contribution in [1.82, 2.24) is 9.80 Å². The van der Waals surface area contributed by atoms with Gasteiger partial charge >= 0.3 is 5.97 Å². The van der Waals surface area contributed by atoms with E-state index in [4.69, 9.17) is 0 Å². The minimum atomic E-state index is -0.935. The normalized spacial score (nSPS) is 17.5. The maximum absolute atomic E-state index is 12.4. The standard InChI is InChI=1S/C18H27N3O3/c1-4-14-7-5-6-13(2)17(14)19-16(22)12-15(18(23)24)21-10-8-20(3)9-11-21/h5-7,15H,4,8-12H2,1-3H3,(H,19,22)(H,23,24)/t15-/m0/s1. The van der Waals surface area contributed by atoms with E-state index < -0.39 is 12.0 Å². The van der Waals surface area contributed by atoms with Crippen molar-refractivity contribution in [1.29, 1.82) is 0 Å². The largest absolute Gasteiger partial charge is 0.480 e. The molecule has 1 aromatic carbocycles. The Labute approximate surface area is 143 Å². The first-order valence-corrected chi connectivity index (χ1v) is 8.46. The van der Waals surface area contributed by atoms with Gasteiger partial charge in [-0.2, -0.15) is 0 Å². The van der Waals surface area contributed by atoms with E-state index in [2.05, 4.69) is 10.2 Å². The molecule has 0 bridgehead atoms. The molecule has 1 aliphatic heterocycles. The first-order valence-electron chi connectivity index (χ1n) is 8.46. The molecule has 2 rings (SSSR count). The van der Waals surface area contributed by atoms with Crippen molar-refractivity contribution in [2.75, 3.05) is 38.5 Å². The van der Waals surface area contributed by atoms with Crippen LogP contribution in [0.4, 0.5) is 5.69 Å². The van der Waals surface area contributed by atoms with Gasteiger partial charge in [-0.05, 0) is 31.5 Å². The van der Waals surface area contributed by atoms with Crippen molar-refractivity contribution in [3.63, 3.8) is 0 Å². The fourth-order valence-electron chi connectivity index (χ4n) is 3.07. The maximum atomic E-state index is 12.4. The van der Waals surface area contributed by atoms with Crippen molar-refractivity contribution < 1.29 is 14.7 Å². The lowest BCUT2D eigenvalue weighted by Crippen LogP contribution is -2.52. The molecule has 1 heterocycles. The van der Waals surface area contributed by atoms with Gasteiger partial charge in [0.25, 0.3) is 0 Å². The van der Waals surface area contributed by atoms with Gasteiger partial charge in [-0.3, -0.25) is 14.5 Å². The zero-order valence-electron chi connectivity index (χ0n) is 14.7. The highest BCUT2D eigenvalue weighted by atomic mass is 16.4. The molecule has 0 saturated carbocycles. The summed E-state index contributed by atoms with van der Waals surface area (Å²) < 4.78 is 0. The zero-order valence-corrected chi connectivity index (χ0v) is 14.7. The van der Waals surface area contributed by atoms with Crippen LogP contribution < -0.4 is 5.32 Å². The Bertz CT molecular complexity index is 595. The average molecular weight is 333 g/mol. The minimum Gasteiger partial charge on any atom is -0.480 e. The number of hydrogen-bond donors (Lipinski definition) is 2. The smallest absolute Gasteiger partial charge is 0.321 e. The summed E-state index contributed by atoms with van der Waals surface area (Å²) in [6.07, 6.45) is 0.786. The Balaban J connectivity index is 2.05. The highest BCUT2D eigenvalue weighted by Crippen LogP contribution is 2.22. The van der Waals surface area contributed by atoms with E-state index in [1.54, 1.807) is 0 Å². The second kappa shape index (κ2) is 8.26. The first kappa shape index (κ1) is 18.4. The summed E-state index contributed by atoms with van der Waals surface area (Å²) in [5.74, 6) is -1.18. The number of likely N-dealkylation sites (N-methyl/N-ethyl adjacent to an activating group) is 1. The number of piperazine rings is 1. The van der Waals surface area contributed by atoms with Crippen molar-refractivity contribution in [3.05, 3.63) is 29.3 Å². The van der Waals surface area contributed by atoms with Crippen molar-refractivity contribution in [2.45, 2.75) is 32.7 Å². The quantitative estimate of drug-likeness (QED) is 0.827. The zero-order chi connectivity index (χ0) is 17.7. The fourth-order valence-corrected chi connectivity index (χ4v) is 3.07. The van der Waals surface area contributed by atoms with E-state index in [0.29, 0.717) is 13.1 Å². The lowest BCUT2D eigenvalue weighted by Gasteiger charge is -2.35. The summed E-state index contributed by atoms with van der Waals surface area (Å²) in [4.78, 5) is 28.1. The van der Waals surface area contributed by atoms with Crippen LogP contribution in [0.2, 0.25) is 0 Å². The first-order chi connectivity index (χ1) is 11.4. The maximum Gasteiger partial charge on any atom is 0.321 e. The molecule has 1 saturated heterocycles. The van der Waals surface area contributed by atoms with Gasteiger partial charge in [0.1, 0.15) is 6.04 Å². The Kier molecular flexibility index (Phi) is 6.34. The van der Waals surface area contributed by atoms with Crippen LogP contribution in [0.3, 0.4) is 0 Å². The average Bonchev–Trinajstić information content (AvgIpc) is 2.55. The second-order valence-electron chi connectivity index (χ2n) is 6.41. The molecule has 0 aromatic heterocycles. The van der Waals surface area contributed by atoms with E-state index in [0.717, 1.165) is 36.3 Å². The number of nitrogens with one attached hydrogen (secondary N) is 1. The number of benzene rings is 1. The van der Waals surface area contributed by atoms with Gasteiger partial charge < -0.3 is 15.3 Å². The number of carbonyl (C=O) groups is 2. The highest BCUT2D eigenvalue weighted by Gasteiger charge is 2.30. The summed E-state index contributed by atoms with van der Waals surface area (Å²) >= 11 is 0. The molecule has 1 aliphatic rings. The molecular formula is C18H27N3O3. The third-order valence-corrected chi connectivity index (χ3v) is 4.65. The highest BCUT2D eigenvalue weighted by molar-refractivity contribution is 5.95. The van der Waals surface area contributed by atoms with Crippen molar-refractivity contribution in [2.24, 2.45) is 0 Å². The molecule has 6 nitrogen and oxygen atoms in total. The van der Waals surface area contributed by atoms with Crippen LogP contribution in [0.15, 0.2) is 18.2 Å². The van der Waals surface area contributed by atoms with Crippen molar-refractivity contribution in [3.8, 4) is 0 Å². The molecule has 132 valence electrons. The Morgan fingerprint density at radius 3 is 2.50 bits per heavy atom. The number of para-hydroxylation sites is 1. The van der Waals surface area contributed by atoms with Crippen LogP contribution in [0, 0.1) is 6.92 Å². The summed E-state index contributed by atoms with van der Waals surface area (Å²) in [6, 6.07) is 5.13. The molecule has 1 amide bonds. The lowest BCUT2D eigenvalue weighted by molar-refractivity contribution is -0.145. The summed E-state index contributed by atoms with van der Waals surface area (Å²) in [5.41, 5.74) is 2.87. The van der Waals surface area contributed by atoms with Crippen LogP contribution in [0.5, 0.6) is 0 Å². The van der Waals surface area contributed by atoms with Gasteiger partial charge in [-0.15, -0.1) is 0 Å². The Morgan fingerprint density at radius 2 is 1.92 bits per heavy atom. The monoisotopic (exact) mass is 333 g/mol. The van der Waals surface area contributed by atoms with Crippen LogP contribution in [0.25, 0.3) is 0 Å². The van der Waals surface area contributed by atoms with Gasteiger partial charge in [0.2, 0.25) is 5.91 Å². The molecule has 2 N–H and O–H groups in total. The predicted molar refractivity (Wildman–Crippen MR) is 94.3 cm³/mol.